The van der Waals surface area contributed by atoms with Crippen molar-refractivity contribution in [3.8, 4) is 0 Å². The number of nitrogens with one attached hydrogen (secondary N) is 1. The molecule has 84 valence electrons. The second-order valence-electron chi connectivity index (χ2n) is 4.41. The molecule has 0 unspecified atom stereocenters. The van der Waals surface area contributed by atoms with Gasteiger partial charge in [0, 0.05) is 17.7 Å². The Labute approximate surface area is 92.3 Å². The molecule has 5 nitrogen and oxygen atoms in total. The lowest BCUT2D eigenvalue weighted by atomic mass is 10.1. The van der Waals surface area contributed by atoms with Crippen molar-refractivity contribution in [1.29, 1.82) is 0 Å². The van der Waals surface area contributed by atoms with Crippen LogP contribution in [0.15, 0.2) is 17.1 Å². The summed E-state index contributed by atoms with van der Waals surface area (Å²) in [5.41, 5.74) is 7.26. The van der Waals surface area contributed by atoms with Crippen molar-refractivity contribution in [2.75, 3.05) is 5.73 Å². The van der Waals surface area contributed by atoms with E-state index in [1.165, 1.54) is 36.4 Å². The lowest BCUT2D eigenvalue weighted by molar-refractivity contribution is 0.682. The Morgan fingerprint density at radius 1 is 1.44 bits per heavy atom. The minimum absolute atomic E-state index is 0.178. The molecule has 2 aromatic heterocycles. The summed E-state index contributed by atoms with van der Waals surface area (Å²) < 4.78 is 1.43. The van der Waals surface area contributed by atoms with Gasteiger partial charge in [-0.2, -0.15) is 4.52 Å². The van der Waals surface area contributed by atoms with E-state index in [1.807, 2.05) is 6.07 Å². The van der Waals surface area contributed by atoms with Crippen molar-refractivity contribution in [3.63, 3.8) is 0 Å². The Bertz CT molecular complexity index is 577. The number of nitrogen functional groups attached to an aromatic ring is 1. The van der Waals surface area contributed by atoms with Gasteiger partial charge in [0.05, 0.1) is 6.20 Å². The van der Waals surface area contributed by atoms with E-state index in [0.717, 1.165) is 5.69 Å². The summed E-state index contributed by atoms with van der Waals surface area (Å²) in [6.45, 7) is 0. The number of aromatic nitrogens is 3. The summed E-state index contributed by atoms with van der Waals surface area (Å²) >= 11 is 0. The molecule has 0 saturated heterocycles. The number of H-pyrrole nitrogens is 1. The van der Waals surface area contributed by atoms with Crippen LogP contribution >= 0.6 is 0 Å². The summed E-state index contributed by atoms with van der Waals surface area (Å²) in [6.07, 6.45) is 6.34. The van der Waals surface area contributed by atoms with Crippen LogP contribution < -0.4 is 11.3 Å². The molecule has 5 heteroatoms. The molecule has 0 aliphatic heterocycles. The maximum Gasteiger partial charge on any atom is 0.295 e. The minimum atomic E-state index is -0.214. The SMILES string of the molecule is Nc1cnc2cc(C3CCCC3)[nH]n2c1=O. The number of anilines is 1. The van der Waals surface area contributed by atoms with Gasteiger partial charge in [0.2, 0.25) is 0 Å². The van der Waals surface area contributed by atoms with Gasteiger partial charge < -0.3 is 5.73 Å². The Kier molecular flexibility index (Phi) is 1.99. The molecule has 16 heavy (non-hydrogen) atoms. The largest absolute Gasteiger partial charge is 0.393 e. The minimum Gasteiger partial charge on any atom is -0.393 e. The van der Waals surface area contributed by atoms with Crippen molar-refractivity contribution in [2.45, 2.75) is 31.6 Å². The van der Waals surface area contributed by atoms with Gasteiger partial charge in [0.25, 0.3) is 5.56 Å². The lowest BCUT2D eigenvalue weighted by Gasteiger charge is -2.03. The number of fused-ring (bicyclic) bond motifs is 1. The molecule has 1 aliphatic carbocycles. The van der Waals surface area contributed by atoms with Crippen LogP contribution in [0.25, 0.3) is 5.65 Å². The fourth-order valence-electron chi connectivity index (χ4n) is 2.44. The molecule has 3 N–H and O–H groups in total. The zero-order valence-corrected chi connectivity index (χ0v) is 8.94. The van der Waals surface area contributed by atoms with Gasteiger partial charge in [-0.3, -0.25) is 9.89 Å². The summed E-state index contributed by atoms with van der Waals surface area (Å²) in [4.78, 5) is 15.9. The van der Waals surface area contributed by atoms with E-state index in [2.05, 4.69) is 10.1 Å². The fourth-order valence-corrected chi connectivity index (χ4v) is 2.44. The summed E-state index contributed by atoms with van der Waals surface area (Å²) in [5, 5.41) is 3.11. The van der Waals surface area contributed by atoms with Crippen molar-refractivity contribution in [1.82, 2.24) is 14.6 Å². The van der Waals surface area contributed by atoms with Crippen LogP contribution in [-0.4, -0.2) is 14.6 Å². The Morgan fingerprint density at radius 3 is 2.94 bits per heavy atom. The Morgan fingerprint density at radius 2 is 2.19 bits per heavy atom. The third kappa shape index (κ3) is 1.31. The second kappa shape index (κ2) is 3.37. The predicted molar refractivity (Wildman–Crippen MR) is 61.4 cm³/mol. The topological polar surface area (TPSA) is 76.2 Å². The van der Waals surface area contributed by atoms with Crippen LogP contribution in [-0.2, 0) is 0 Å². The molecule has 0 bridgehead atoms. The van der Waals surface area contributed by atoms with Crippen LogP contribution in [0.3, 0.4) is 0 Å². The van der Waals surface area contributed by atoms with Crippen molar-refractivity contribution < 1.29 is 0 Å². The van der Waals surface area contributed by atoms with E-state index in [1.54, 1.807) is 0 Å². The quantitative estimate of drug-likeness (QED) is 0.756. The average Bonchev–Trinajstić information content (AvgIpc) is 2.91. The average molecular weight is 218 g/mol. The van der Waals surface area contributed by atoms with Gasteiger partial charge in [-0.05, 0) is 12.8 Å². The maximum atomic E-state index is 11.7. The third-order valence-corrected chi connectivity index (χ3v) is 3.34. The first-order chi connectivity index (χ1) is 7.75. The summed E-state index contributed by atoms with van der Waals surface area (Å²) in [6, 6.07) is 1.96. The molecule has 0 aromatic carbocycles. The number of aromatic amines is 1. The second-order valence-corrected chi connectivity index (χ2v) is 4.41. The van der Waals surface area contributed by atoms with Gasteiger partial charge in [-0.15, -0.1) is 0 Å². The van der Waals surface area contributed by atoms with E-state index in [-0.39, 0.29) is 11.2 Å². The van der Waals surface area contributed by atoms with Gasteiger partial charge in [0.15, 0.2) is 5.65 Å². The van der Waals surface area contributed by atoms with Crippen LogP contribution in [0.2, 0.25) is 0 Å². The molecule has 1 saturated carbocycles. The number of nitrogens with zero attached hydrogens (tertiary/aromatic N) is 2. The van der Waals surface area contributed by atoms with E-state index in [9.17, 15) is 4.79 Å². The van der Waals surface area contributed by atoms with Gasteiger partial charge in [-0.25, -0.2) is 4.98 Å². The first-order valence-electron chi connectivity index (χ1n) is 5.62. The maximum absolute atomic E-state index is 11.7. The van der Waals surface area contributed by atoms with Gasteiger partial charge in [0.1, 0.15) is 5.69 Å². The smallest absolute Gasteiger partial charge is 0.295 e. The summed E-state index contributed by atoms with van der Waals surface area (Å²) in [7, 11) is 0. The number of nitrogens with two attached hydrogens (primary N) is 1. The predicted octanol–water partition coefficient (Wildman–Crippen LogP) is 1.26. The highest BCUT2D eigenvalue weighted by Gasteiger charge is 2.19. The normalized spacial score (nSPS) is 17.2. The van der Waals surface area contributed by atoms with E-state index in [4.69, 9.17) is 5.73 Å². The molecule has 0 spiro atoms. The highest BCUT2D eigenvalue weighted by molar-refractivity contribution is 5.45. The molecule has 1 fully saturated rings. The lowest BCUT2D eigenvalue weighted by Crippen LogP contribution is -2.18. The zero-order valence-electron chi connectivity index (χ0n) is 8.94. The molecule has 2 aromatic rings. The fraction of sp³-hybridized carbons (Fsp3) is 0.455. The molecule has 3 rings (SSSR count). The van der Waals surface area contributed by atoms with E-state index in [0.29, 0.717) is 11.6 Å². The van der Waals surface area contributed by atoms with Crippen LogP contribution in [0, 0.1) is 0 Å². The van der Waals surface area contributed by atoms with Crippen LogP contribution in [0.4, 0.5) is 5.69 Å². The highest BCUT2D eigenvalue weighted by Crippen LogP contribution is 2.33. The van der Waals surface area contributed by atoms with Gasteiger partial charge >= 0.3 is 0 Å². The van der Waals surface area contributed by atoms with Crippen molar-refractivity contribution >= 4 is 11.3 Å². The molecule has 0 radical (unpaired) electrons. The number of rotatable bonds is 1. The standard InChI is InChI=1S/C11H14N4O/c12-8-6-13-10-5-9(7-3-1-2-4-7)14-15(10)11(8)16/h5-7,14H,1-4,12H2. The first-order valence-corrected chi connectivity index (χ1v) is 5.62. The zero-order chi connectivity index (χ0) is 11.1. The first kappa shape index (κ1) is 9.45. The molecule has 0 atom stereocenters. The molecular weight excluding hydrogens is 204 g/mol. The van der Waals surface area contributed by atoms with Crippen molar-refractivity contribution in [2.24, 2.45) is 0 Å². The summed E-state index contributed by atoms with van der Waals surface area (Å²) in [5.74, 6) is 0.544. The highest BCUT2D eigenvalue weighted by atomic mass is 16.1. The molecule has 0 amide bonds. The van der Waals surface area contributed by atoms with Crippen LogP contribution in [0.5, 0.6) is 0 Å². The monoisotopic (exact) mass is 218 g/mol. The van der Waals surface area contributed by atoms with Crippen molar-refractivity contribution in [3.05, 3.63) is 28.3 Å². The van der Waals surface area contributed by atoms with Gasteiger partial charge in [-0.1, -0.05) is 12.8 Å². The molecular formula is C11H14N4O. The van der Waals surface area contributed by atoms with E-state index >= 15 is 0 Å². The Balaban J connectivity index is 2.15. The number of hydrogen-bond acceptors (Lipinski definition) is 3. The Hall–Kier alpha value is -1.78. The number of hydrogen-bond donors (Lipinski definition) is 2. The molecule has 2 heterocycles. The van der Waals surface area contributed by atoms with Crippen LogP contribution in [0.1, 0.15) is 37.3 Å². The third-order valence-electron chi connectivity index (χ3n) is 3.34. The molecule has 1 aliphatic rings. The van der Waals surface area contributed by atoms with E-state index < -0.39 is 0 Å².